The van der Waals surface area contributed by atoms with Gasteiger partial charge in [0.2, 0.25) is 0 Å². The molecule has 0 saturated heterocycles. The Hall–Kier alpha value is -2.87. The third kappa shape index (κ3) is 4.55. The molecule has 0 unspecified atom stereocenters. The van der Waals surface area contributed by atoms with E-state index in [1.54, 1.807) is 25.3 Å². The van der Waals surface area contributed by atoms with Crippen molar-refractivity contribution in [1.29, 1.82) is 0 Å². The van der Waals surface area contributed by atoms with Gasteiger partial charge in [-0.3, -0.25) is 4.79 Å². The molecule has 0 aliphatic rings. The Morgan fingerprint density at radius 2 is 1.57 bits per heavy atom. The predicted octanol–water partition coefficient (Wildman–Crippen LogP) is 5.18. The number of ether oxygens (including phenoxy) is 1. The van der Waals surface area contributed by atoms with E-state index >= 15 is 0 Å². The second-order valence-corrected chi connectivity index (χ2v) is 4.91. The number of methoxy groups -OCH3 is 1. The maximum Gasteiger partial charge on any atom is 0.189 e. The molecule has 2 nitrogen and oxygen atoms in total. The number of para-hydroxylation sites is 1. The molecule has 116 valence electrons. The van der Waals surface area contributed by atoms with E-state index in [0.717, 1.165) is 11.1 Å². The van der Waals surface area contributed by atoms with Crippen LogP contribution in [0, 0.1) is 0 Å². The van der Waals surface area contributed by atoms with Crippen LogP contribution in [0.1, 0.15) is 28.4 Å². The number of allylic oxidation sites excluding steroid dienone is 4. The topological polar surface area (TPSA) is 26.3 Å². The van der Waals surface area contributed by atoms with E-state index in [2.05, 4.69) is 0 Å². The molecule has 0 aliphatic heterocycles. The first-order valence-corrected chi connectivity index (χ1v) is 7.50. The van der Waals surface area contributed by atoms with Gasteiger partial charge in [0.15, 0.2) is 5.78 Å². The van der Waals surface area contributed by atoms with Gasteiger partial charge in [0, 0.05) is 0 Å². The van der Waals surface area contributed by atoms with Gasteiger partial charge in [0.05, 0.1) is 12.7 Å². The minimum atomic E-state index is -0.0744. The first kappa shape index (κ1) is 16.5. The summed E-state index contributed by atoms with van der Waals surface area (Å²) in [6.45, 7) is 1.97. The summed E-state index contributed by atoms with van der Waals surface area (Å²) in [5.41, 5.74) is 2.62. The van der Waals surface area contributed by atoms with Gasteiger partial charge < -0.3 is 4.74 Å². The molecule has 0 atom stereocenters. The molecule has 0 spiro atoms. The minimum absolute atomic E-state index is 0.0744. The lowest BCUT2D eigenvalue weighted by Crippen LogP contribution is -1.98. The zero-order valence-electron chi connectivity index (χ0n) is 13.4. The van der Waals surface area contributed by atoms with Crippen LogP contribution in [0.3, 0.4) is 0 Å². The predicted molar refractivity (Wildman–Crippen MR) is 96.6 cm³/mol. The summed E-state index contributed by atoms with van der Waals surface area (Å²) in [7, 11) is 1.57. The second kappa shape index (κ2) is 8.54. The van der Waals surface area contributed by atoms with Crippen molar-refractivity contribution in [2.75, 3.05) is 7.11 Å². The van der Waals surface area contributed by atoms with E-state index in [4.69, 9.17) is 4.74 Å². The smallest absolute Gasteiger partial charge is 0.189 e. The van der Waals surface area contributed by atoms with Gasteiger partial charge in [-0.05, 0) is 36.3 Å². The summed E-state index contributed by atoms with van der Waals surface area (Å²) in [5, 5.41) is 0. The fourth-order valence-corrected chi connectivity index (χ4v) is 2.19. The first-order chi connectivity index (χ1) is 11.3. The fourth-order valence-electron chi connectivity index (χ4n) is 2.19. The van der Waals surface area contributed by atoms with Gasteiger partial charge >= 0.3 is 0 Å². The summed E-state index contributed by atoms with van der Waals surface area (Å²) in [5.74, 6) is 0.512. The number of hydrogen-bond acceptors (Lipinski definition) is 2. The number of benzene rings is 2. The molecule has 2 aromatic carbocycles. The van der Waals surface area contributed by atoms with Crippen molar-refractivity contribution >= 4 is 17.9 Å². The number of carbonyl (C=O) groups is 1. The fraction of sp³-hybridized carbons (Fsp3) is 0.0952. The first-order valence-electron chi connectivity index (χ1n) is 7.50. The van der Waals surface area contributed by atoms with Crippen LogP contribution < -0.4 is 4.74 Å². The molecule has 23 heavy (non-hydrogen) atoms. The molecule has 0 saturated carbocycles. The largest absolute Gasteiger partial charge is 0.496 e. The van der Waals surface area contributed by atoms with Crippen molar-refractivity contribution in [3.63, 3.8) is 0 Å². The molecule has 0 heterocycles. The Labute approximate surface area is 137 Å². The van der Waals surface area contributed by atoms with Gasteiger partial charge in [-0.1, -0.05) is 66.8 Å². The van der Waals surface area contributed by atoms with Crippen molar-refractivity contribution in [3.05, 3.63) is 89.5 Å². The molecule has 2 heteroatoms. The maximum atomic E-state index is 12.4. The molecule has 0 fully saturated rings. The minimum Gasteiger partial charge on any atom is -0.496 e. The van der Waals surface area contributed by atoms with Gasteiger partial charge in [-0.25, -0.2) is 0 Å². The molecule has 0 N–H and O–H groups in total. The van der Waals surface area contributed by atoms with Gasteiger partial charge in [0.25, 0.3) is 0 Å². The van der Waals surface area contributed by atoms with E-state index in [1.807, 2.05) is 73.7 Å². The quantitative estimate of drug-likeness (QED) is 0.417. The van der Waals surface area contributed by atoms with Crippen LogP contribution >= 0.6 is 0 Å². The van der Waals surface area contributed by atoms with Gasteiger partial charge in [-0.2, -0.15) is 0 Å². The third-order valence-electron chi connectivity index (χ3n) is 3.36. The SMILES string of the molecule is CC=CC=Cc1ccccc1C=CC(=O)c1ccccc1OC. The van der Waals surface area contributed by atoms with Crippen LogP contribution in [0.25, 0.3) is 12.2 Å². The van der Waals surface area contributed by atoms with Crippen molar-refractivity contribution in [1.82, 2.24) is 0 Å². The van der Waals surface area contributed by atoms with E-state index in [9.17, 15) is 4.79 Å². The Balaban J connectivity index is 2.25. The molecular weight excluding hydrogens is 284 g/mol. The maximum absolute atomic E-state index is 12.4. The van der Waals surface area contributed by atoms with Gasteiger partial charge in [0.1, 0.15) is 5.75 Å². The van der Waals surface area contributed by atoms with Crippen LogP contribution in [0.4, 0.5) is 0 Å². The van der Waals surface area contributed by atoms with E-state index in [-0.39, 0.29) is 5.78 Å². The average molecular weight is 304 g/mol. The molecule has 0 aromatic heterocycles. The van der Waals surface area contributed by atoms with Crippen LogP contribution in [0.5, 0.6) is 5.75 Å². The zero-order chi connectivity index (χ0) is 16.5. The van der Waals surface area contributed by atoms with Crippen LogP contribution in [0.15, 0.2) is 72.8 Å². The highest BCUT2D eigenvalue weighted by Crippen LogP contribution is 2.19. The Kier molecular flexibility index (Phi) is 6.13. The second-order valence-electron chi connectivity index (χ2n) is 4.91. The Morgan fingerprint density at radius 1 is 0.913 bits per heavy atom. The molecule has 0 bridgehead atoms. The summed E-state index contributed by atoms with van der Waals surface area (Å²) >= 11 is 0. The zero-order valence-corrected chi connectivity index (χ0v) is 13.4. The third-order valence-corrected chi connectivity index (χ3v) is 3.36. The summed E-state index contributed by atoms with van der Waals surface area (Å²) in [4.78, 5) is 12.4. The molecule has 2 aromatic rings. The summed E-state index contributed by atoms with van der Waals surface area (Å²) < 4.78 is 5.23. The van der Waals surface area contributed by atoms with E-state index < -0.39 is 0 Å². The lowest BCUT2D eigenvalue weighted by atomic mass is 10.0. The van der Waals surface area contributed by atoms with Crippen LogP contribution in [0.2, 0.25) is 0 Å². The van der Waals surface area contributed by atoms with Crippen molar-refractivity contribution in [2.24, 2.45) is 0 Å². The molecule has 0 radical (unpaired) electrons. The lowest BCUT2D eigenvalue weighted by molar-refractivity contribution is 0.104. The molecule has 2 rings (SSSR count). The lowest BCUT2D eigenvalue weighted by Gasteiger charge is -2.04. The average Bonchev–Trinajstić information content (AvgIpc) is 2.60. The Bertz CT molecular complexity index is 752. The van der Waals surface area contributed by atoms with E-state index in [0.29, 0.717) is 11.3 Å². The van der Waals surface area contributed by atoms with Gasteiger partial charge in [-0.15, -0.1) is 0 Å². The molecule has 0 aliphatic carbocycles. The highest BCUT2D eigenvalue weighted by atomic mass is 16.5. The molecular formula is C21H20O2. The molecule has 0 amide bonds. The number of hydrogen-bond donors (Lipinski definition) is 0. The van der Waals surface area contributed by atoms with Crippen molar-refractivity contribution in [3.8, 4) is 5.75 Å². The highest BCUT2D eigenvalue weighted by Gasteiger charge is 2.08. The number of ketones is 1. The summed E-state index contributed by atoms with van der Waals surface area (Å²) in [6, 6.07) is 15.2. The summed E-state index contributed by atoms with van der Waals surface area (Å²) in [6.07, 6.45) is 11.4. The van der Waals surface area contributed by atoms with Crippen molar-refractivity contribution < 1.29 is 9.53 Å². The number of carbonyl (C=O) groups excluding carboxylic acids is 1. The highest BCUT2D eigenvalue weighted by molar-refractivity contribution is 6.08. The standard InChI is InChI=1S/C21H20O2/c1-3-4-5-10-17-11-6-7-12-18(17)15-16-20(22)19-13-8-9-14-21(19)23-2/h3-16H,1-2H3. The van der Waals surface area contributed by atoms with Crippen molar-refractivity contribution in [2.45, 2.75) is 6.92 Å². The van der Waals surface area contributed by atoms with E-state index in [1.165, 1.54) is 0 Å². The monoisotopic (exact) mass is 304 g/mol. The normalized spacial score (nSPS) is 11.6. The number of rotatable bonds is 6. The Morgan fingerprint density at radius 3 is 2.26 bits per heavy atom. The van der Waals surface area contributed by atoms with Crippen LogP contribution in [-0.2, 0) is 0 Å². The van der Waals surface area contributed by atoms with Crippen LogP contribution in [-0.4, -0.2) is 12.9 Å².